The number of amides is 1. The number of nitrogens with zero attached hydrogens (tertiary/aromatic N) is 2. The Hall–Kier alpha value is -2.05. The SMILES string of the molecule is CC(C)(C)OC(=O)N1CCC[C@H](Cc2cc(O)n(O)c2O)C1. The smallest absolute Gasteiger partial charge is 0.410 e. The van der Waals surface area contributed by atoms with E-state index in [1.165, 1.54) is 6.07 Å². The molecule has 0 spiro atoms. The van der Waals surface area contributed by atoms with Crippen LogP contribution in [0.5, 0.6) is 11.8 Å². The van der Waals surface area contributed by atoms with E-state index in [0.717, 1.165) is 12.8 Å². The van der Waals surface area contributed by atoms with Gasteiger partial charge < -0.3 is 25.1 Å². The van der Waals surface area contributed by atoms with E-state index < -0.39 is 11.5 Å². The molecular weight excluding hydrogens is 288 g/mol. The second kappa shape index (κ2) is 5.98. The highest BCUT2D eigenvalue weighted by molar-refractivity contribution is 5.68. The maximum absolute atomic E-state index is 12.1. The summed E-state index contributed by atoms with van der Waals surface area (Å²) >= 11 is 0. The third kappa shape index (κ3) is 3.78. The summed E-state index contributed by atoms with van der Waals surface area (Å²) in [6.45, 7) is 6.68. The monoisotopic (exact) mass is 312 g/mol. The molecular formula is C15H24N2O5. The van der Waals surface area contributed by atoms with Crippen LogP contribution >= 0.6 is 0 Å². The molecule has 124 valence electrons. The zero-order valence-corrected chi connectivity index (χ0v) is 13.2. The van der Waals surface area contributed by atoms with E-state index in [1.54, 1.807) is 4.90 Å². The molecule has 7 nitrogen and oxygen atoms in total. The molecule has 0 bridgehead atoms. The standard InChI is InChI=1S/C15H24N2O5/c1-15(2,3)22-14(20)16-6-4-5-10(9-16)7-11-8-12(18)17(21)13(11)19/h8,10,18-19,21H,4-7,9H2,1-3H3/t10-/m1/s1. The fourth-order valence-corrected chi connectivity index (χ4v) is 2.71. The van der Waals surface area contributed by atoms with Gasteiger partial charge in [-0.2, -0.15) is 0 Å². The van der Waals surface area contributed by atoms with Gasteiger partial charge in [0.2, 0.25) is 11.8 Å². The fraction of sp³-hybridized carbons (Fsp3) is 0.667. The molecule has 0 aromatic carbocycles. The van der Waals surface area contributed by atoms with Gasteiger partial charge in [-0.1, -0.05) is 0 Å². The number of hydrogen-bond donors (Lipinski definition) is 3. The van der Waals surface area contributed by atoms with Crippen molar-refractivity contribution in [1.29, 1.82) is 0 Å². The summed E-state index contributed by atoms with van der Waals surface area (Å²) in [5.41, 5.74) is -0.0570. The van der Waals surface area contributed by atoms with Gasteiger partial charge in [-0.25, -0.2) is 4.79 Å². The molecule has 0 saturated carbocycles. The molecule has 1 saturated heterocycles. The fourth-order valence-electron chi connectivity index (χ4n) is 2.71. The van der Waals surface area contributed by atoms with Crippen molar-refractivity contribution in [2.45, 2.75) is 45.6 Å². The van der Waals surface area contributed by atoms with Crippen molar-refractivity contribution in [1.82, 2.24) is 9.63 Å². The molecule has 3 N–H and O–H groups in total. The van der Waals surface area contributed by atoms with E-state index in [9.17, 15) is 20.2 Å². The van der Waals surface area contributed by atoms with Gasteiger partial charge in [0.25, 0.3) is 0 Å². The van der Waals surface area contributed by atoms with E-state index in [1.807, 2.05) is 20.8 Å². The molecule has 1 aromatic heterocycles. The Labute approximate surface area is 129 Å². The van der Waals surface area contributed by atoms with Crippen LogP contribution < -0.4 is 0 Å². The number of carbonyl (C=O) groups excluding carboxylic acids is 1. The van der Waals surface area contributed by atoms with Gasteiger partial charge in [0, 0.05) is 24.7 Å². The molecule has 1 aliphatic rings. The van der Waals surface area contributed by atoms with E-state index in [2.05, 4.69) is 0 Å². The van der Waals surface area contributed by atoms with Crippen molar-refractivity contribution in [2.24, 2.45) is 5.92 Å². The lowest BCUT2D eigenvalue weighted by Crippen LogP contribution is -2.43. The molecule has 1 atom stereocenters. The van der Waals surface area contributed by atoms with Crippen LogP contribution in [0.1, 0.15) is 39.2 Å². The molecule has 0 unspecified atom stereocenters. The summed E-state index contributed by atoms with van der Waals surface area (Å²) in [6, 6.07) is 1.34. The average molecular weight is 312 g/mol. The lowest BCUT2D eigenvalue weighted by Gasteiger charge is -2.34. The van der Waals surface area contributed by atoms with E-state index >= 15 is 0 Å². The van der Waals surface area contributed by atoms with Gasteiger partial charge in [0.1, 0.15) is 5.60 Å². The number of aromatic nitrogens is 1. The van der Waals surface area contributed by atoms with Crippen LogP contribution in [0.15, 0.2) is 6.07 Å². The molecule has 1 fully saturated rings. The zero-order valence-electron chi connectivity index (χ0n) is 13.2. The number of hydrogen-bond acceptors (Lipinski definition) is 5. The molecule has 0 aliphatic carbocycles. The van der Waals surface area contributed by atoms with Crippen LogP contribution in [0.3, 0.4) is 0 Å². The summed E-state index contributed by atoms with van der Waals surface area (Å²) in [6.07, 6.45) is 1.92. The third-order valence-corrected chi connectivity index (χ3v) is 3.69. The molecule has 1 aliphatic heterocycles. The number of ether oxygens (including phenoxy) is 1. The summed E-state index contributed by atoms with van der Waals surface area (Å²) < 4.78 is 5.73. The Morgan fingerprint density at radius 2 is 2.09 bits per heavy atom. The van der Waals surface area contributed by atoms with Gasteiger partial charge in [0.05, 0.1) is 0 Å². The lowest BCUT2D eigenvalue weighted by molar-refractivity contribution is 0.0165. The Morgan fingerprint density at radius 1 is 1.41 bits per heavy atom. The molecule has 2 heterocycles. The lowest BCUT2D eigenvalue weighted by atomic mass is 9.92. The highest BCUT2D eigenvalue weighted by Gasteiger charge is 2.28. The Morgan fingerprint density at radius 3 is 2.64 bits per heavy atom. The predicted molar refractivity (Wildman–Crippen MR) is 79.2 cm³/mol. The first-order chi connectivity index (χ1) is 10.2. The van der Waals surface area contributed by atoms with Crippen LogP contribution in [0.2, 0.25) is 0 Å². The first-order valence-electron chi connectivity index (χ1n) is 7.47. The van der Waals surface area contributed by atoms with Crippen molar-refractivity contribution < 1.29 is 25.0 Å². The quantitative estimate of drug-likeness (QED) is 0.728. The maximum Gasteiger partial charge on any atom is 0.410 e. The molecule has 1 amide bonds. The van der Waals surface area contributed by atoms with Crippen molar-refractivity contribution in [2.75, 3.05) is 13.1 Å². The molecule has 7 heteroatoms. The largest absolute Gasteiger partial charge is 0.492 e. The van der Waals surface area contributed by atoms with Crippen molar-refractivity contribution in [3.05, 3.63) is 11.6 Å². The van der Waals surface area contributed by atoms with Crippen molar-refractivity contribution in [3.63, 3.8) is 0 Å². The predicted octanol–water partition coefficient (Wildman–Crippen LogP) is 2.33. The molecule has 2 rings (SSSR count). The van der Waals surface area contributed by atoms with Gasteiger partial charge in [-0.15, -0.1) is 4.73 Å². The summed E-state index contributed by atoms with van der Waals surface area (Å²) in [7, 11) is 0. The second-order valence-electron chi connectivity index (χ2n) is 6.80. The molecule has 1 aromatic rings. The summed E-state index contributed by atoms with van der Waals surface area (Å²) in [4.78, 5) is 13.8. The highest BCUT2D eigenvalue weighted by Crippen LogP contribution is 2.30. The number of likely N-dealkylation sites (tertiary alicyclic amines) is 1. The van der Waals surface area contributed by atoms with Gasteiger partial charge in [-0.3, -0.25) is 0 Å². The number of piperidine rings is 1. The van der Waals surface area contributed by atoms with Gasteiger partial charge in [0.15, 0.2) is 0 Å². The summed E-state index contributed by atoms with van der Waals surface area (Å²) in [5.74, 6) is -0.604. The Kier molecular flexibility index (Phi) is 4.44. The number of carbonyl (C=O) groups is 1. The van der Waals surface area contributed by atoms with Gasteiger partial charge in [-0.05, 0) is 46.0 Å². The Balaban J connectivity index is 1.98. The highest BCUT2D eigenvalue weighted by atomic mass is 16.6. The van der Waals surface area contributed by atoms with Crippen molar-refractivity contribution >= 4 is 6.09 Å². The van der Waals surface area contributed by atoms with Gasteiger partial charge >= 0.3 is 6.09 Å². The zero-order chi connectivity index (χ0) is 16.5. The number of aromatic hydroxyl groups is 2. The van der Waals surface area contributed by atoms with Crippen LogP contribution in [0, 0.1) is 5.92 Å². The van der Waals surface area contributed by atoms with E-state index in [4.69, 9.17) is 4.74 Å². The average Bonchev–Trinajstić information content (AvgIpc) is 2.65. The molecule has 22 heavy (non-hydrogen) atoms. The minimum atomic E-state index is -0.526. The molecule has 0 radical (unpaired) electrons. The topological polar surface area (TPSA) is 95.2 Å². The van der Waals surface area contributed by atoms with Crippen LogP contribution in [0.25, 0.3) is 0 Å². The first kappa shape index (κ1) is 16.3. The van der Waals surface area contributed by atoms with E-state index in [-0.39, 0.29) is 17.9 Å². The minimum Gasteiger partial charge on any atom is -0.492 e. The number of rotatable bonds is 2. The Bertz CT molecular complexity index is 547. The van der Waals surface area contributed by atoms with Crippen LogP contribution in [-0.4, -0.2) is 49.8 Å². The second-order valence-corrected chi connectivity index (χ2v) is 6.80. The van der Waals surface area contributed by atoms with E-state index in [0.29, 0.717) is 29.8 Å². The third-order valence-electron chi connectivity index (χ3n) is 3.69. The van der Waals surface area contributed by atoms with Crippen LogP contribution in [0.4, 0.5) is 4.79 Å². The van der Waals surface area contributed by atoms with Crippen molar-refractivity contribution in [3.8, 4) is 11.8 Å². The normalized spacial score (nSPS) is 19.2. The first-order valence-corrected chi connectivity index (χ1v) is 7.47. The maximum atomic E-state index is 12.1. The summed E-state index contributed by atoms with van der Waals surface area (Å²) in [5, 5.41) is 28.5. The minimum absolute atomic E-state index is 0.147. The van der Waals surface area contributed by atoms with Crippen LogP contribution in [-0.2, 0) is 11.2 Å².